The van der Waals surface area contributed by atoms with E-state index in [1.165, 1.54) is 18.2 Å². The number of hydrogen-bond acceptors (Lipinski definition) is 5. The molecule has 34 heavy (non-hydrogen) atoms. The van der Waals surface area contributed by atoms with E-state index in [2.05, 4.69) is 52.3 Å². The molecule has 0 saturated carbocycles. The van der Waals surface area contributed by atoms with Crippen LogP contribution in [0.5, 0.6) is 5.75 Å². The summed E-state index contributed by atoms with van der Waals surface area (Å²) in [4.78, 5) is 16.9. The van der Waals surface area contributed by atoms with Crippen molar-refractivity contribution in [2.45, 2.75) is 12.5 Å². The summed E-state index contributed by atoms with van der Waals surface area (Å²) in [5.74, 6) is 0.202. The van der Waals surface area contributed by atoms with Gasteiger partial charge in [-0.15, -0.1) is 0 Å². The van der Waals surface area contributed by atoms with Crippen molar-refractivity contribution in [3.05, 3.63) is 101 Å². The predicted molar refractivity (Wildman–Crippen MR) is 136 cm³/mol. The molecule has 0 bridgehead atoms. The Kier molecular flexibility index (Phi) is 8.58. The minimum Gasteiger partial charge on any atom is -0.493 e. The zero-order valence-corrected chi connectivity index (χ0v) is 20.3. The number of piperazine rings is 1. The number of rotatable bonds is 9. The van der Waals surface area contributed by atoms with Gasteiger partial charge in [-0.25, -0.2) is 4.79 Å². The highest BCUT2D eigenvalue weighted by atomic mass is 35.5. The van der Waals surface area contributed by atoms with Gasteiger partial charge in [0.2, 0.25) is 0 Å². The lowest BCUT2D eigenvalue weighted by Crippen LogP contribution is -2.48. The molecular formula is C28H31ClN2O3. The fourth-order valence-electron chi connectivity index (χ4n) is 4.48. The van der Waals surface area contributed by atoms with Crippen molar-refractivity contribution in [1.29, 1.82) is 0 Å². The highest BCUT2D eigenvalue weighted by molar-refractivity contribution is 6.30. The van der Waals surface area contributed by atoms with Gasteiger partial charge < -0.3 is 14.4 Å². The molecule has 5 nitrogen and oxygen atoms in total. The largest absolute Gasteiger partial charge is 0.493 e. The Morgan fingerprint density at radius 1 is 0.882 bits per heavy atom. The first-order valence-corrected chi connectivity index (χ1v) is 12.1. The number of para-hydroxylation sites is 1. The summed E-state index contributed by atoms with van der Waals surface area (Å²) in [5.41, 5.74) is 3.03. The van der Waals surface area contributed by atoms with Crippen molar-refractivity contribution < 1.29 is 14.3 Å². The minimum absolute atomic E-state index is 0.221. The van der Waals surface area contributed by atoms with E-state index in [1.54, 1.807) is 6.07 Å². The van der Waals surface area contributed by atoms with Crippen LogP contribution in [0.1, 0.15) is 33.9 Å². The first-order valence-electron chi connectivity index (χ1n) is 11.7. The van der Waals surface area contributed by atoms with E-state index in [-0.39, 0.29) is 12.0 Å². The minimum atomic E-state index is -0.375. The highest BCUT2D eigenvalue weighted by Crippen LogP contribution is 2.30. The van der Waals surface area contributed by atoms with Crippen LogP contribution in [-0.2, 0) is 4.74 Å². The third-order valence-corrected chi connectivity index (χ3v) is 6.49. The van der Waals surface area contributed by atoms with E-state index in [0.717, 1.165) is 44.2 Å². The van der Waals surface area contributed by atoms with Crippen molar-refractivity contribution in [2.24, 2.45) is 0 Å². The number of hydrogen-bond donors (Lipinski definition) is 0. The molecule has 4 rings (SSSR count). The van der Waals surface area contributed by atoms with E-state index < -0.39 is 0 Å². The molecule has 1 heterocycles. The molecule has 1 fully saturated rings. The predicted octanol–water partition coefficient (Wildman–Crippen LogP) is 5.30. The summed E-state index contributed by atoms with van der Waals surface area (Å²) in [6.45, 7) is 5.53. The first-order chi connectivity index (χ1) is 16.7. The Labute approximate surface area is 206 Å². The van der Waals surface area contributed by atoms with Gasteiger partial charge in [-0.3, -0.25) is 4.90 Å². The van der Waals surface area contributed by atoms with Crippen molar-refractivity contribution in [3.63, 3.8) is 0 Å². The maximum atomic E-state index is 11.9. The van der Waals surface area contributed by atoms with E-state index in [9.17, 15) is 4.79 Å². The van der Waals surface area contributed by atoms with Crippen molar-refractivity contribution >= 4 is 17.6 Å². The number of esters is 1. The fraction of sp³-hybridized carbons (Fsp3) is 0.321. The molecule has 3 aromatic rings. The Balaban J connectivity index is 1.30. The van der Waals surface area contributed by atoms with Gasteiger partial charge in [0.25, 0.3) is 0 Å². The van der Waals surface area contributed by atoms with Gasteiger partial charge in [0, 0.05) is 37.7 Å². The summed E-state index contributed by atoms with van der Waals surface area (Å²) in [7, 11) is 1.38. The van der Waals surface area contributed by atoms with Gasteiger partial charge in [0.1, 0.15) is 11.3 Å². The van der Waals surface area contributed by atoms with Gasteiger partial charge in [0.05, 0.1) is 19.8 Å². The average molecular weight is 479 g/mol. The summed E-state index contributed by atoms with van der Waals surface area (Å²) in [5, 5.41) is 0.761. The molecule has 0 amide bonds. The van der Waals surface area contributed by atoms with Gasteiger partial charge >= 0.3 is 5.97 Å². The molecule has 0 spiro atoms. The van der Waals surface area contributed by atoms with Crippen LogP contribution in [0.3, 0.4) is 0 Å². The smallest absolute Gasteiger partial charge is 0.341 e. The molecule has 1 unspecified atom stereocenters. The van der Waals surface area contributed by atoms with E-state index in [1.807, 2.05) is 30.3 Å². The van der Waals surface area contributed by atoms with Crippen LogP contribution in [0.25, 0.3) is 0 Å². The second kappa shape index (κ2) is 12.0. The number of nitrogens with zero attached hydrogens (tertiary/aromatic N) is 2. The van der Waals surface area contributed by atoms with Crippen LogP contribution in [-0.4, -0.2) is 62.2 Å². The van der Waals surface area contributed by atoms with Crippen LogP contribution in [0.15, 0.2) is 78.9 Å². The zero-order valence-electron chi connectivity index (χ0n) is 19.5. The lowest BCUT2D eigenvalue weighted by Gasteiger charge is -2.39. The van der Waals surface area contributed by atoms with Crippen molar-refractivity contribution in [1.82, 2.24) is 9.80 Å². The number of methoxy groups -OCH3 is 1. The molecule has 178 valence electrons. The third-order valence-electron chi connectivity index (χ3n) is 6.24. The van der Waals surface area contributed by atoms with Crippen LogP contribution >= 0.6 is 11.6 Å². The van der Waals surface area contributed by atoms with Crippen LogP contribution in [0.4, 0.5) is 0 Å². The van der Waals surface area contributed by atoms with Gasteiger partial charge in [-0.05, 0) is 41.8 Å². The Hall–Kier alpha value is -2.86. The molecule has 1 atom stereocenters. The number of carbonyl (C=O) groups excluding carboxylic acids is 1. The van der Waals surface area contributed by atoms with Gasteiger partial charge in [0.15, 0.2) is 0 Å². The number of halogens is 1. The topological polar surface area (TPSA) is 42.0 Å². The van der Waals surface area contributed by atoms with Crippen LogP contribution in [0, 0.1) is 0 Å². The van der Waals surface area contributed by atoms with Crippen molar-refractivity contribution in [2.75, 3.05) is 46.4 Å². The van der Waals surface area contributed by atoms with Crippen LogP contribution in [0.2, 0.25) is 5.02 Å². The third kappa shape index (κ3) is 6.17. The highest BCUT2D eigenvalue weighted by Gasteiger charge is 2.26. The molecule has 6 heteroatoms. The number of ether oxygens (including phenoxy) is 2. The molecular weight excluding hydrogens is 448 g/mol. The second-order valence-electron chi connectivity index (χ2n) is 8.43. The molecule has 3 aromatic carbocycles. The Morgan fingerprint density at radius 2 is 1.53 bits per heavy atom. The number of benzene rings is 3. The average Bonchev–Trinajstić information content (AvgIpc) is 2.89. The maximum absolute atomic E-state index is 11.9. The van der Waals surface area contributed by atoms with Gasteiger partial charge in [-0.1, -0.05) is 66.2 Å². The van der Waals surface area contributed by atoms with Crippen molar-refractivity contribution in [3.8, 4) is 5.75 Å². The van der Waals surface area contributed by atoms with E-state index in [0.29, 0.717) is 17.9 Å². The van der Waals surface area contributed by atoms with E-state index in [4.69, 9.17) is 21.1 Å². The Bertz CT molecular complexity index is 1050. The molecule has 0 aromatic heterocycles. The standard InChI is InChI=1S/C28H31ClN2O3/c1-33-28(32)25-10-5-6-11-26(25)34-21-7-16-30-17-19-31(20-18-30)27(22-8-3-2-4-9-22)23-12-14-24(29)15-13-23/h2-6,8-15,27H,7,16-21H2,1H3. The fourth-order valence-corrected chi connectivity index (χ4v) is 4.61. The normalized spacial score (nSPS) is 15.6. The lowest BCUT2D eigenvalue weighted by atomic mass is 9.96. The molecule has 1 aliphatic heterocycles. The molecule has 0 aliphatic carbocycles. The van der Waals surface area contributed by atoms with Gasteiger partial charge in [-0.2, -0.15) is 0 Å². The zero-order chi connectivity index (χ0) is 23.8. The molecule has 0 N–H and O–H groups in total. The summed E-state index contributed by atoms with van der Waals surface area (Å²) in [6.07, 6.45) is 0.898. The number of carbonyl (C=O) groups is 1. The van der Waals surface area contributed by atoms with Crippen LogP contribution < -0.4 is 4.74 Å². The Morgan fingerprint density at radius 3 is 2.24 bits per heavy atom. The summed E-state index contributed by atoms with van der Waals surface area (Å²) in [6, 6.07) is 26.3. The molecule has 1 saturated heterocycles. The monoisotopic (exact) mass is 478 g/mol. The SMILES string of the molecule is COC(=O)c1ccccc1OCCCN1CCN(C(c2ccccc2)c2ccc(Cl)cc2)CC1. The maximum Gasteiger partial charge on any atom is 0.341 e. The lowest BCUT2D eigenvalue weighted by molar-refractivity contribution is 0.0595. The summed E-state index contributed by atoms with van der Waals surface area (Å²) >= 11 is 6.14. The quantitative estimate of drug-likeness (QED) is 0.308. The van der Waals surface area contributed by atoms with E-state index >= 15 is 0 Å². The summed E-state index contributed by atoms with van der Waals surface area (Å²) < 4.78 is 10.7. The molecule has 0 radical (unpaired) electrons. The second-order valence-corrected chi connectivity index (χ2v) is 8.87. The molecule has 1 aliphatic rings. The first kappa shape index (κ1) is 24.3.